The van der Waals surface area contributed by atoms with Crippen molar-refractivity contribution in [2.75, 3.05) is 6.61 Å². The Morgan fingerprint density at radius 3 is 2.43 bits per heavy atom. The van der Waals surface area contributed by atoms with Gasteiger partial charge >= 0.3 is 11.9 Å². The minimum Gasteiger partial charge on any atom is -0.481 e. The molecule has 0 amide bonds. The minimum absolute atomic E-state index is 0.0919. The molecular weight excluding hydrogens is 402 g/mol. The normalized spacial score (nSPS) is 11.0. The van der Waals surface area contributed by atoms with E-state index in [4.69, 9.17) is 9.84 Å². The van der Waals surface area contributed by atoms with E-state index in [0.717, 1.165) is 32.6 Å². The highest BCUT2D eigenvalue weighted by atomic mass is 32.2. The number of nitrogens with zero attached hydrogens (tertiary/aromatic N) is 1. The number of aryl methyl sites for hydroxylation is 2. The number of carboxylic acids is 1. The van der Waals surface area contributed by atoms with Crippen molar-refractivity contribution in [3.8, 4) is 0 Å². The third-order valence-corrected chi connectivity index (χ3v) is 6.00. The van der Waals surface area contributed by atoms with E-state index in [2.05, 4.69) is 0 Å². The number of carbonyl (C=O) groups excluding carboxylic acids is 1. The van der Waals surface area contributed by atoms with Crippen LogP contribution in [-0.4, -0.2) is 33.3 Å². The molecule has 30 heavy (non-hydrogen) atoms. The molecule has 3 rings (SSSR count). The third-order valence-electron chi connectivity index (χ3n) is 4.97. The summed E-state index contributed by atoms with van der Waals surface area (Å²) in [6.07, 6.45) is 0.616. The number of aliphatic hydroxyl groups is 1. The lowest BCUT2D eigenvalue weighted by Crippen LogP contribution is -2.08. The number of ether oxygens (including phenoxy) is 1. The highest BCUT2D eigenvalue weighted by Crippen LogP contribution is 2.32. The molecule has 2 N–H and O–H groups in total. The van der Waals surface area contributed by atoms with Gasteiger partial charge in [0.05, 0.1) is 18.8 Å². The fourth-order valence-corrected chi connectivity index (χ4v) is 4.37. The van der Waals surface area contributed by atoms with Gasteiger partial charge in [-0.1, -0.05) is 18.2 Å². The van der Waals surface area contributed by atoms with Gasteiger partial charge in [0.2, 0.25) is 0 Å². The number of carbonyl (C=O) groups is 2. The van der Waals surface area contributed by atoms with Gasteiger partial charge in [0, 0.05) is 40.7 Å². The van der Waals surface area contributed by atoms with Crippen molar-refractivity contribution in [3.05, 3.63) is 64.8 Å². The molecule has 0 fully saturated rings. The number of benzene rings is 2. The van der Waals surface area contributed by atoms with Crippen molar-refractivity contribution in [1.29, 1.82) is 0 Å². The van der Waals surface area contributed by atoms with Crippen LogP contribution in [0.4, 0.5) is 0 Å². The summed E-state index contributed by atoms with van der Waals surface area (Å²) in [7, 11) is 1.93. The van der Waals surface area contributed by atoms with E-state index in [9.17, 15) is 14.7 Å². The van der Waals surface area contributed by atoms with Gasteiger partial charge in [-0.05, 0) is 48.7 Å². The van der Waals surface area contributed by atoms with E-state index in [1.807, 2.05) is 54.1 Å². The summed E-state index contributed by atoms with van der Waals surface area (Å²) >= 11 is 1.60. The zero-order chi connectivity index (χ0) is 21.7. The topological polar surface area (TPSA) is 88.8 Å². The summed E-state index contributed by atoms with van der Waals surface area (Å²) < 4.78 is 7.30. The van der Waals surface area contributed by atoms with Gasteiger partial charge in [-0.25, -0.2) is 4.79 Å². The Kier molecular flexibility index (Phi) is 7.18. The maximum absolute atomic E-state index is 12.7. The molecule has 0 saturated carbocycles. The minimum atomic E-state index is -0.805. The van der Waals surface area contributed by atoms with Crippen LogP contribution in [0.3, 0.4) is 0 Å². The first kappa shape index (κ1) is 21.9. The Hall–Kier alpha value is -2.77. The van der Waals surface area contributed by atoms with Crippen LogP contribution in [-0.2, 0) is 35.4 Å². The molecule has 158 valence electrons. The summed E-state index contributed by atoms with van der Waals surface area (Å²) in [6, 6.07) is 13.4. The van der Waals surface area contributed by atoms with Crippen molar-refractivity contribution >= 4 is 34.6 Å². The SMILES string of the molecule is CCOC(=O)c1c(CSc2ccc(CCC(=O)O)cc2)n(C)c2ccc(CO)cc12. The monoisotopic (exact) mass is 427 g/mol. The van der Waals surface area contributed by atoms with Gasteiger partial charge in [0.25, 0.3) is 0 Å². The lowest BCUT2D eigenvalue weighted by molar-refractivity contribution is -0.136. The van der Waals surface area contributed by atoms with E-state index in [0.29, 0.717) is 24.3 Å². The average molecular weight is 428 g/mol. The molecule has 0 unspecified atom stereocenters. The molecule has 0 aliphatic heterocycles. The molecule has 0 aliphatic carbocycles. The maximum Gasteiger partial charge on any atom is 0.340 e. The number of esters is 1. The highest BCUT2D eigenvalue weighted by molar-refractivity contribution is 7.98. The molecule has 0 aliphatic rings. The lowest BCUT2D eigenvalue weighted by Gasteiger charge is -2.08. The Balaban J connectivity index is 1.87. The second-order valence-corrected chi connectivity index (χ2v) is 7.99. The maximum atomic E-state index is 12.7. The number of rotatable bonds is 9. The van der Waals surface area contributed by atoms with Crippen LogP contribution in [0.5, 0.6) is 0 Å². The van der Waals surface area contributed by atoms with Crippen molar-refractivity contribution in [3.63, 3.8) is 0 Å². The molecule has 0 atom stereocenters. The van der Waals surface area contributed by atoms with Crippen LogP contribution in [0.2, 0.25) is 0 Å². The molecule has 1 heterocycles. The lowest BCUT2D eigenvalue weighted by atomic mass is 10.1. The smallest absolute Gasteiger partial charge is 0.340 e. The van der Waals surface area contributed by atoms with Crippen molar-refractivity contribution < 1.29 is 24.5 Å². The summed E-state index contributed by atoms with van der Waals surface area (Å²) in [5.41, 5.74) is 4.04. The first-order valence-electron chi connectivity index (χ1n) is 9.76. The summed E-state index contributed by atoms with van der Waals surface area (Å²) in [6.45, 7) is 1.98. The Labute approximate surface area is 179 Å². The van der Waals surface area contributed by atoms with Crippen molar-refractivity contribution in [1.82, 2.24) is 4.57 Å². The van der Waals surface area contributed by atoms with Gasteiger partial charge in [-0.15, -0.1) is 11.8 Å². The standard InChI is InChI=1S/C23H25NO5S/c1-3-29-23(28)22-18-12-16(13-25)6-10-19(18)24(2)20(22)14-30-17-8-4-15(5-9-17)7-11-21(26)27/h4-6,8-10,12,25H,3,7,11,13-14H2,1-2H3,(H,26,27). The Morgan fingerprint density at radius 1 is 1.10 bits per heavy atom. The number of carboxylic acid groups (broad SMARTS) is 1. The van der Waals surface area contributed by atoms with Gasteiger partial charge in [-0.3, -0.25) is 4.79 Å². The van der Waals surface area contributed by atoms with Crippen LogP contribution in [0, 0.1) is 0 Å². The molecule has 0 radical (unpaired) electrons. The van der Waals surface area contributed by atoms with Gasteiger partial charge in [0.15, 0.2) is 0 Å². The van der Waals surface area contributed by atoms with Crippen LogP contribution >= 0.6 is 11.8 Å². The van der Waals surface area contributed by atoms with E-state index >= 15 is 0 Å². The van der Waals surface area contributed by atoms with E-state index in [1.165, 1.54) is 0 Å². The first-order valence-corrected chi connectivity index (χ1v) is 10.7. The predicted molar refractivity (Wildman–Crippen MR) is 117 cm³/mol. The fourth-order valence-electron chi connectivity index (χ4n) is 3.40. The average Bonchev–Trinajstić information content (AvgIpc) is 3.02. The highest BCUT2D eigenvalue weighted by Gasteiger charge is 2.22. The molecule has 2 aromatic carbocycles. The van der Waals surface area contributed by atoms with Gasteiger partial charge < -0.3 is 19.5 Å². The Morgan fingerprint density at radius 2 is 1.80 bits per heavy atom. The summed E-state index contributed by atoms with van der Waals surface area (Å²) in [5.74, 6) is -0.597. The van der Waals surface area contributed by atoms with Crippen LogP contribution < -0.4 is 0 Å². The largest absolute Gasteiger partial charge is 0.481 e. The number of thioether (sulfide) groups is 1. The molecule has 0 spiro atoms. The van der Waals surface area contributed by atoms with Crippen molar-refractivity contribution in [2.45, 2.75) is 37.0 Å². The van der Waals surface area contributed by atoms with Gasteiger partial charge in [0.1, 0.15) is 0 Å². The zero-order valence-electron chi connectivity index (χ0n) is 17.1. The second-order valence-electron chi connectivity index (χ2n) is 6.94. The van der Waals surface area contributed by atoms with E-state index in [1.54, 1.807) is 18.7 Å². The molecule has 7 heteroatoms. The summed E-state index contributed by atoms with van der Waals surface area (Å²) in [5, 5.41) is 19.1. The molecule has 0 bridgehead atoms. The van der Waals surface area contributed by atoms with E-state index in [-0.39, 0.29) is 19.0 Å². The number of aliphatic carboxylic acids is 1. The van der Waals surface area contributed by atoms with Crippen molar-refractivity contribution in [2.24, 2.45) is 7.05 Å². The molecule has 0 saturated heterocycles. The number of hydrogen-bond donors (Lipinski definition) is 2. The molecule has 6 nitrogen and oxygen atoms in total. The number of aromatic nitrogens is 1. The number of fused-ring (bicyclic) bond motifs is 1. The quantitative estimate of drug-likeness (QED) is 0.394. The molecule has 3 aromatic rings. The fraction of sp³-hybridized carbons (Fsp3) is 0.304. The summed E-state index contributed by atoms with van der Waals surface area (Å²) in [4.78, 5) is 24.5. The number of hydrogen-bond acceptors (Lipinski definition) is 5. The van der Waals surface area contributed by atoms with Gasteiger partial charge in [-0.2, -0.15) is 0 Å². The first-order chi connectivity index (χ1) is 14.4. The second kappa shape index (κ2) is 9.82. The number of aliphatic hydroxyl groups excluding tert-OH is 1. The zero-order valence-corrected chi connectivity index (χ0v) is 17.9. The third kappa shape index (κ3) is 4.86. The molecular formula is C23H25NO5S. The molecule has 1 aromatic heterocycles. The van der Waals surface area contributed by atoms with Crippen LogP contribution in [0.15, 0.2) is 47.4 Å². The van der Waals surface area contributed by atoms with Crippen LogP contribution in [0.1, 0.15) is 40.5 Å². The van der Waals surface area contributed by atoms with E-state index < -0.39 is 5.97 Å². The Bertz CT molecular complexity index is 1060. The predicted octanol–water partition coefficient (Wildman–Crippen LogP) is 4.16. The van der Waals surface area contributed by atoms with Crippen LogP contribution in [0.25, 0.3) is 10.9 Å².